The van der Waals surface area contributed by atoms with Crippen molar-refractivity contribution in [2.24, 2.45) is 0 Å². The van der Waals surface area contributed by atoms with Gasteiger partial charge in [-0.3, -0.25) is 9.59 Å². The minimum Gasteiger partial charge on any atom is -0.352 e. The standard InChI is InChI=1S/C24H31Cl2FN4O4S/c1-6-21(24(33)28-16(2)3)30(14-17-11-12-18(25)13-19(17)26)23(32)15-31(36(34,35)29(4)5)22-10-8-7-9-20(22)27/h7-13,16,21H,6,14-15H2,1-5H3,(H,28,33)/t21-/m0/s1. The summed E-state index contributed by atoms with van der Waals surface area (Å²) in [5, 5.41) is 3.48. The number of hydrogen-bond donors (Lipinski definition) is 1. The lowest BCUT2D eigenvalue weighted by Gasteiger charge is -2.34. The highest BCUT2D eigenvalue weighted by atomic mass is 35.5. The molecule has 36 heavy (non-hydrogen) atoms. The molecule has 0 fully saturated rings. The van der Waals surface area contributed by atoms with Crippen LogP contribution < -0.4 is 9.62 Å². The van der Waals surface area contributed by atoms with Gasteiger partial charge in [0, 0.05) is 36.7 Å². The normalized spacial score (nSPS) is 12.5. The van der Waals surface area contributed by atoms with Crippen LogP contribution in [0.3, 0.4) is 0 Å². The van der Waals surface area contributed by atoms with Crippen LogP contribution in [0.1, 0.15) is 32.8 Å². The Kier molecular flexibility index (Phi) is 10.5. The molecule has 1 N–H and O–H groups in total. The van der Waals surface area contributed by atoms with E-state index in [0.717, 1.165) is 10.4 Å². The van der Waals surface area contributed by atoms with Crippen LogP contribution >= 0.6 is 23.2 Å². The molecular weight excluding hydrogens is 530 g/mol. The molecule has 0 bridgehead atoms. The van der Waals surface area contributed by atoms with Gasteiger partial charge in [0.2, 0.25) is 11.8 Å². The van der Waals surface area contributed by atoms with Gasteiger partial charge in [-0.05, 0) is 50.1 Å². The second-order valence-corrected chi connectivity index (χ2v) is 11.5. The Morgan fingerprint density at radius 3 is 2.25 bits per heavy atom. The van der Waals surface area contributed by atoms with E-state index in [9.17, 15) is 22.4 Å². The van der Waals surface area contributed by atoms with Crippen LogP contribution in [0, 0.1) is 5.82 Å². The molecule has 0 unspecified atom stereocenters. The summed E-state index contributed by atoms with van der Waals surface area (Å²) in [6, 6.07) is 8.88. The van der Waals surface area contributed by atoms with Gasteiger partial charge >= 0.3 is 10.2 Å². The fourth-order valence-corrected chi connectivity index (χ4v) is 5.02. The minimum absolute atomic E-state index is 0.0913. The van der Waals surface area contributed by atoms with Crippen LogP contribution in [-0.2, 0) is 26.3 Å². The molecule has 0 spiro atoms. The van der Waals surface area contributed by atoms with Crippen LogP contribution in [0.15, 0.2) is 42.5 Å². The molecule has 1 atom stereocenters. The van der Waals surface area contributed by atoms with Crippen molar-refractivity contribution in [1.29, 1.82) is 0 Å². The molecule has 0 aliphatic heterocycles. The number of carbonyl (C=O) groups excluding carboxylic acids is 2. The van der Waals surface area contributed by atoms with E-state index in [2.05, 4.69) is 5.32 Å². The number of benzene rings is 2. The molecule has 0 aliphatic rings. The average molecular weight is 562 g/mol. The first kappa shape index (κ1) is 29.8. The van der Waals surface area contributed by atoms with Crippen LogP contribution in [0.4, 0.5) is 10.1 Å². The summed E-state index contributed by atoms with van der Waals surface area (Å²) in [4.78, 5) is 28.0. The second kappa shape index (κ2) is 12.7. The predicted molar refractivity (Wildman–Crippen MR) is 141 cm³/mol. The van der Waals surface area contributed by atoms with E-state index in [-0.39, 0.29) is 29.7 Å². The molecule has 2 aromatic carbocycles. The Morgan fingerprint density at radius 1 is 1.08 bits per heavy atom. The highest BCUT2D eigenvalue weighted by Gasteiger charge is 2.35. The number of amides is 2. The maximum absolute atomic E-state index is 14.7. The maximum Gasteiger partial charge on any atom is 0.304 e. The summed E-state index contributed by atoms with van der Waals surface area (Å²) in [5.41, 5.74) is 0.224. The van der Waals surface area contributed by atoms with Gasteiger partial charge in [-0.15, -0.1) is 0 Å². The largest absolute Gasteiger partial charge is 0.352 e. The Labute approximate surface area is 222 Å². The lowest BCUT2D eigenvalue weighted by Crippen LogP contribution is -2.54. The predicted octanol–water partition coefficient (Wildman–Crippen LogP) is 4.08. The Morgan fingerprint density at radius 2 is 1.72 bits per heavy atom. The smallest absolute Gasteiger partial charge is 0.304 e. The van der Waals surface area contributed by atoms with E-state index in [0.29, 0.717) is 14.9 Å². The van der Waals surface area contributed by atoms with Gasteiger partial charge in [0.05, 0.1) is 5.69 Å². The quantitative estimate of drug-likeness (QED) is 0.448. The topological polar surface area (TPSA) is 90.0 Å². The summed E-state index contributed by atoms with van der Waals surface area (Å²) in [6.07, 6.45) is 0.246. The van der Waals surface area contributed by atoms with E-state index >= 15 is 0 Å². The van der Waals surface area contributed by atoms with E-state index < -0.39 is 40.4 Å². The first-order valence-corrected chi connectivity index (χ1v) is 13.4. The van der Waals surface area contributed by atoms with E-state index in [4.69, 9.17) is 23.2 Å². The molecule has 198 valence electrons. The summed E-state index contributed by atoms with van der Waals surface area (Å²) in [5.74, 6) is -1.92. The zero-order valence-corrected chi connectivity index (χ0v) is 23.2. The summed E-state index contributed by atoms with van der Waals surface area (Å²) < 4.78 is 42.5. The first-order valence-electron chi connectivity index (χ1n) is 11.3. The maximum atomic E-state index is 14.7. The van der Waals surface area contributed by atoms with Crippen LogP contribution in [0.5, 0.6) is 0 Å². The van der Waals surface area contributed by atoms with E-state index in [1.807, 2.05) is 0 Å². The fraction of sp³-hybridized carbons (Fsp3) is 0.417. The zero-order chi connectivity index (χ0) is 27.2. The third-order valence-electron chi connectivity index (χ3n) is 5.31. The lowest BCUT2D eigenvalue weighted by atomic mass is 10.1. The molecule has 0 heterocycles. The summed E-state index contributed by atoms with van der Waals surface area (Å²) in [6.45, 7) is 4.48. The highest BCUT2D eigenvalue weighted by Crippen LogP contribution is 2.26. The van der Waals surface area contributed by atoms with Gasteiger partial charge in [-0.1, -0.05) is 48.3 Å². The fourth-order valence-electron chi connectivity index (χ4n) is 3.49. The van der Waals surface area contributed by atoms with Crippen molar-refractivity contribution in [3.63, 3.8) is 0 Å². The number of nitrogens with zero attached hydrogens (tertiary/aromatic N) is 3. The molecule has 0 radical (unpaired) electrons. The van der Waals surface area contributed by atoms with Gasteiger partial charge in [-0.25, -0.2) is 8.70 Å². The third-order valence-corrected chi connectivity index (χ3v) is 7.71. The van der Waals surface area contributed by atoms with Gasteiger partial charge in [0.1, 0.15) is 18.4 Å². The highest BCUT2D eigenvalue weighted by molar-refractivity contribution is 7.90. The monoisotopic (exact) mass is 560 g/mol. The van der Waals surface area contributed by atoms with Crippen molar-refractivity contribution in [2.45, 2.75) is 45.8 Å². The van der Waals surface area contributed by atoms with Crippen LogP contribution in [-0.4, -0.2) is 62.2 Å². The van der Waals surface area contributed by atoms with Crippen LogP contribution in [0.25, 0.3) is 0 Å². The molecular formula is C24H31Cl2FN4O4S. The molecule has 12 heteroatoms. The zero-order valence-electron chi connectivity index (χ0n) is 20.8. The number of halogens is 3. The number of nitrogens with one attached hydrogen (secondary N) is 1. The third kappa shape index (κ3) is 7.32. The Hall–Kier alpha value is -2.40. The molecule has 2 aromatic rings. The van der Waals surface area contributed by atoms with Gasteiger partial charge in [-0.2, -0.15) is 12.7 Å². The number of carbonyl (C=O) groups is 2. The van der Waals surface area contributed by atoms with Gasteiger partial charge < -0.3 is 10.2 Å². The van der Waals surface area contributed by atoms with Crippen molar-refractivity contribution in [3.8, 4) is 0 Å². The Balaban J connectivity index is 2.56. The summed E-state index contributed by atoms with van der Waals surface area (Å²) in [7, 11) is -1.70. The van der Waals surface area contributed by atoms with E-state index in [1.165, 1.54) is 43.3 Å². The van der Waals surface area contributed by atoms with Crippen LogP contribution in [0.2, 0.25) is 10.0 Å². The van der Waals surface area contributed by atoms with Crippen molar-refractivity contribution < 1.29 is 22.4 Å². The van der Waals surface area contributed by atoms with Crippen molar-refractivity contribution in [1.82, 2.24) is 14.5 Å². The minimum atomic E-state index is -4.27. The SMILES string of the molecule is CC[C@@H](C(=O)NC(C)C)N(Cc1ccc(Cl)cc1Cl)C(=O)CN(c1ccccc1F)S(=O)(=O)N(C)C. The Bertz CT molecular complexity index is 1190. The molecule has 0 saturated heterocycles. The van der Waals surface area contributed by atoms with Crippen molar-refractivity contribution in [3.05, 3.63) is 63.9 Å². The average Bonchev–Trinajstić information content (AvgIpc) is 2.78. The molecule has 0 aromatic heterocycles. The van der Waals surface area contributed by atoms with Gasteiger partial charge in [0.25, 0.3) is 0 Å². The molecule has 8 nitrogen and oxygen atoms in total. The van der Waals surface area contributed by atoms with Gasteiger partial charge in [0.15, 0.2) is 0 Å². The number of hydrogen-bond acceptors (Lipinski definition) is 4. The number of rotatable bonds is 11. The second-order valence-electron chi connectivity index (χ2n) is 8.59. The first-order chi connectivity index (χ1) is 16.8. The van der Waals surface area contributed by atoms with Crippen molar-refractivity contribution in [2.75, 3.05) is 24.9 Å². The molecule has 0 saturated carbocycles. The number of anilines is 1. The van der Waals surface area contributed by atoms with Crippen molar-refractivity contribution >= 4 is 50.9 Å². The van der Waals surface area contributed by atoms with E-state index in [1.54, 1.807) is 32.9 Å². The molecule has 2 rings (SSSR count). The number of para-hydroxylation sites is 1. The lowest BCUT2D eigenvalue weighted by molar-refractivity contribution is -0.140. The summed E-state index contributed by atoms with van der Waals surface area (Å²) >= 11 is 12.3. The molecule has 0 aliphatic carbocycles. The molecule has 2 amide bonds.